The summed E-state index contributed by atoms with van der Waals surface area (Å²) in [6.45, 7) is 8.11. The molecule has 2 nitrogen and oxygen atoms in total. The van der Waals surface area contributed by atoms with E-state index in [4.69, 9.17) is 0 Å². The number of nitrogens with zero attached hydrogens (tertiary/aromatic N) is 1. The summed E-state index contributed by atoms with van der Waals surface area (Å²) in [7, 11) is 0. The summed E-state index contributed by atoms with van der Waals surface area (Å²) in [5, 5.41) is 4.51. The first kappa shape index (κ1) is 14.2. The van der Waals surface area contributed by atoms with Crippen LogP contribution in [0.4, 0.5) is 4.39 Å². The maximum absolute atomic E-state index is 13.7. The van der Waals surface area contributed by atoms with E-state index in [1.165, 1.54) is 10.9 Å². The molecule has 1 aromatic carbocycles. The molecule has 1 N–H and O–H groups in total. The van der Waals surface area contributed by atoms with Gasteiger partial charge in [0.2, 0.25) is 0 Å². The van der Waals surface area contributed by atoms with Crippen molar-refractivity contribution in [2.75, 3.05) is 0 Å². The smallest absolute Gasteiger partial charge is 0.127 e. The molecular formula is C15H19FN2S. The van der Waals surface area contributed by atoms with Gasteiger partial charge in [0.15, 0.2) is 0 Å². The third kappa shape index (κ3) is 3.19. The normalized spacial score (nSPS) is 14.4. The molecule has 0 spiro atoms. The zero-order chi connectivity index (χ0) is 14.0. The molecular weight excluding hydrogens is 259 g/mol. The monoisotopic (exact) mass is 278 g/mol. The Hall–Kier alpha value is -1.26. The van der Waals surface area contributed by atoms with Gasteiger partial charge in [-0.05, 0) is 33.8 Å². The summed E-state index contributed by atoms with van der Waals surface area (Å²) in [6.07, 6.45) is 0. The number of hydrogen-bond acceptors (Lipinski definition) is 3. The largest absolute Gasteiger partial charge is 0.303 e. The number of nitrogens with one attached hydrogen (secondary N) is 1. The van der Waals surface area contributed by atoms with Crippen LogP contribution < -0.4 is 5.32 Å². The van der Waals surface area contributed by atoms with Crippen molar-refractivity contribution in [3.8, 4) is 0 Å². The van der Waals surface area contributed by atoms with Gasteiger partial charge in [-0.3, -0.25) is 0 Å². The highest BCUT2D eigenvalue weighted by Gasteiger charge is 2.17. The van der Waals surface area contributed by atoms with Crippen LogP contribution in [0.5, 0.6) is 0 Å². The minimum Gasteiger partial charge on any atom is -0.303 e. The average molecular weight is 278 g/mol. The molecule has 2 aromatic rings. The first-order valence-corrected chi connectivity index (χ1v) is 7.25. The molecule has 102 valence electrons. The van der Waals surface area contributed by atoms with Gasteiger partial charge < -0.3 is 5.32 Å². The standard InChI is InChI=1S/C15H19FN2S/c1-9(13-7-5-6-8-14(13)16)17-10(2)15-11(3)18-12(4)19-15/h5-10,17H,1-4H3/t9-,10?/m1/s1. The van der Waals surface area contributed by atoms with E-state index < -0.39 is 0 Å². The van der Waals surface area contributed by atoms with Gasteiger partial charge in [-0.15, -0.1) is 11.3 Å². The van der Waals surface area contributed by atoms with Crippen molar-refractivity contribution in [3.63, 3.8) is 0 Å². The van der Waals surface area contributed by atoms with Crippen molar-refractivity contribution in [1.29, 1.82) is 0 Å². The summed E-state index contributed by atoms with van der Waals surface area (Å²) < 4.78 is 13.7. The Labute approximate surface area is 117 Å². The molecule has 1 heterocycles. The minimum absolute atomic E-state index is 0.0296. The molecule has 19 heavy (non-hydrogen) atoms. The van der Waals surface area contributed by atoms with Crippen LogP contribution in [0.15, 0.2) is 24.3 Å². The van der Waals surface area contributed by atoms with E-state index in [1.54, 1.807) is 17.4 Å². The fourth-order valence-corrected chi connectivity index (χ4v) is 3.25. The second-order valence-corrected chi connectivity index (χ2v) is 6.05. The van der Waals surface area contributed by atoms with Gasteiger partial charge in [0, 0.05) is 22.5 Å². The summed E-state index contributed by atoms with van der Waals surface area (Å²) >= 11 is 1.70. The Bertz CT molecular complexity index is 565. The molecule has 0 aliphatic rings. The van der Waals surface area contributed by atoms with Crippen molar-refractivity contribution in [2.45, 2.75) is 39.8 Å². The van der Waals surface area contributed by atoms with E-state index in [-0.39, 0.29) is 17.9 Å². The van der Waals surface area contributed by atoms with E-state index in [1.807, 2.05) is 32.9 Å². The minimum atomic E-state index is -0.160. The molecule has 0 fully saturated rings. The number of aromatic nitrogens is 1. The molecule has 0 amide bonds. The predicted molar refractivity (Wildman–Crippen MR) is 78.0 cm³/mol. The van der Waals surface area contributed by atoms with Crippen LogP contribution in [0.1, 0.15) is 47.1 Å². The molecule has 0 aliphatic heterocycles. The third-order valence-electron chi connectivity index (χ3n) is 3.20. The topological polar surface area (TPSA) is 24.9 Å². The van der Waals surface area contributed by atoms with Gasteiger partial charge in [-0.1, -0.05) is 18.2 Å². The average Bonchev–Trinajstić information content (AvgIpc) is 2.69. The lowest BCUT2D eigenvalue weighted by atomic mass is 10.1. The zero-order valence-corrected chi connectivity index (χ0v) is 12.5. The SMILES string of the molecule is Cc1nc(C)c(C(C)N[C@H](C)c2ccccc2F)s1. The summed E-state index contributed by atoms with van der Waals surface area (Å²) in [6, 6.07) is 7.04. The molecule has 2 rings (SSSR count). The van der Waals surface area contributed by atoms with Gasteiger partial charge in [0.05, 0.1) is 10.7 Å². The second kappa shape index (κ2) is 5.80. The molecule has 0 saturated carbocycles. The van der Waals surface area contributed by atoms with Gasteiger partial charge in [-0.2, -0.15) is 0 Å². The number of halogens is 1. The molecule has 0 radical (unpaired) electrons. The van der Waals surface area contributed by atoms with Crippen LogP contribution in [0.3, 0.4) is 0 Å². The van der Waals surface area contributed by atoms with Gasteiger partial charge in [0.25, 0.3) is 0 Å². The van der Waals surface area contributed by atoms with E-state index in [2.05, 4.69) is 17.2 Å². The van der Waals surface area contributed by atoms with Crippen molar-refractivity contribution in [1.82, 2.24) is 10.3 Å². The molecule has 2 atom stereocenters. The molecule has 1 unspecified atom stereocenters. The highest BCUT2D eigenvalue weighted by atomic mass is 32.1. The molecule has 0 bridgehead atoms. The number of rotatable bonds is 4. The maximum Gasteiger partial charge on any atom is 0.127 e. The Morgan fingerprint density at radius 3 is 2.42 bits per heavy atom. The van der Waals surface area contributed by atoms with Gasteiger partial charge in [-0.25, -0.2) is 9.37 Å². The van der Waals surface area contributed by atoms with Crippen molar-refractivity contribution >= 4 is 11.3 Å². The third-order valence-corrected chi connectivity index (χ3v) is 4.46. The Kier molecular flexibility index (Phi) is 4.32. The van der Waals surface area contributed by atoms with Crippen LogP contribution in [0.2, 0.25) is 0 Å². The lowest BCUT2D eigenvalue weighted by molar-refractivity contribution is 0.476. The number of aryl methyl sites for hydroxylation is 2. The first-order valence-electron chi connectivity index (χ1n) is 6.43. The fourth-order valence-electron chi connectivity index (χ4n) is 2.32. The van der Waals surface area contributed by atoms with E-state index >= 15 is 0 Å². The summed E-state index contributed by atoms with van der Waals surface area (Å²) in [4.78, 5) is 5.66. The quantitative estimate of drug-likeness (QED) is 0.901. The zero-order valence-electron chi connectivity index (χ0n) is 11.7. The first-order chi connectivity index (χ1) is 8.99. The van der Waals surface area contributed by atoms with Crippen LogP contribution in [0.25, 0.3) is 0 Å². The fraction of sp³-hybridized carbons (Fsp3) is 0.400. The second-order valence-electron chi connectivity index (χ2n) is 4.81. The lowest BCUT2D eigenvalue weighted by Gasteiger charge is -2.20. The summed E-state index contributed by atoms with van der Waals surface area (Å²) in [5.74, 6) is -0.160. The van der Waals surface area contributed by atoms with Crippen LogP contribution in [0, 0.1) is 19.7 Å². The Morgan fingerprint density at radius 2 is 1.84 bits per heavy atom. The molecule has 4 heteroatoms. The highest BCUT2D eigenvalue weighted by Crippen LogP contribution is 2.27. The van der Waals surface area contributed by atoms with Gasteiger partial charge in [0.1, 0.15) is 5.82 Å². The Balaban J connectivity index is 2.13. The number of thiazole rings is 1. The molecule has 0 aliphatic carbocycles. The van der Waals surface area contributed by atoms with Crippen LogP contribution in [-0.4, -0.2) is 4.98 Å². The van der Waals surface area contributed by atoms with Crippen molar-refractivity contribution in [2.24, 2.45) is 0 Å². The van der Waals surface area contributed by atoms with Gasteiger partial charge >= 0.3 is 0 Å². The number of benzene rings is 1. The maximum atomic E-state index is 13.7. The summed E-state index contributed by atoms with van der Waals surface area (Å²) in [5.41, 5.74) is 1.76. The highest BCUT2D eigenvalue weighted by molar-refractivity contribution is 7.11. The van der Waals surface area contributed by atoms with Crippen LogP contribution >= 0.6 is 11.3 Å². The number of hydrogen-bond donors (Lipinski definition) is 1. The van der Waals surface area contributed by atoms with E-state index in [0.29, 0.717) is 5.56 Å². The predicted octanol–water partition coefficient (Wildman–Crippen LogP) is 4.31. The van der Waals surface area contributed by atoms with Crippen molar-refractivity contribution < 1.29 is 4.39 Å². The molecule has 1 aromatic heterocycles. The van der Waals surface area contributed by atoms with Crippen LogP contribution in [-0.2, 0) is 0 Å². The lowest BCUT2D eigenvalue weighted by Crippen LogP contribution is -2.23. The Morgan fingerprint density at radius 1 is 1.16 bits per heavy atom. The molecule has 0 saturated heterocycles. The van der Waals surface area contributed by atoms with E-state index in [9.17, 15) is 4.39 Å². The van der Waals surface area contributed by atoms with E-state index in [0.717, 1.165) is 10.7 Å². The van der Waals surface area contributed by atoms with Crippen molar-refractivity contribution in [3.05, 3.63) is 51.2 Å².